The Labute approximate surface area is 106 Å². The van der Waals surface area contributed by atoms with Crippen LogP contribution < -0.4 is 16.0 Å². The molecule has 2 aromatic rings. The first kappa shape index (κ1) is 12.1. The van der Waals surface area contributed by atoms with E-state index < -0.39 is 0 Å². The Balaban J connectivity index is 2.60. The zero-order chi connectivity index (χ0) is 13.1. The molecule has 0 fully saturated rings. The van der Waals surface area contributed by atoms with Gasteiger partial charge in [0, 0.05) is 27.2 Å². The molecule has 0 bridgehead atoms. The lowest BCUT2D eigenvalue weighted by atomic mass is 10.3. The molecule has 6 nitrogen and oxygen atoms in total. The molecule has 6 heteroatoms. The maximum Gasteiger partial charge on any atom is 0.174 e. The Morgan fingerprint density at radius 2 is 1.89 bits per heavy atom. The molecule has 0 aliphatic rings. The minimum atomic E-state index is 0.210. The van der Waals surface area contributed by atoms with Gasteiger partial charge in [-0.1, -0.05) is 6.07 Å². The minimum absolute atomic E-state index is 0.210. The molecule has 1 aromatic heterocycles. The van der Waals surface area contributed by atoms with Crippen molar-refractivity contribution in [3.05, 3.63) is 24.3 Å². The van der Waals surface area contributed by atoms with E-state index in [1.54, 1.807) is 22.9 Å². The fourth-order valence-electron chi connectivity index (χ4n) is 1.87. The van der Waals surface area contributed by atoms with Crippen molar-refractivity contribution in [3.63, 3.8) is 0 Å². The second-order valence-corrected chi connectivity index (χ2v) is 3.75. The Bertz CT molecular complexity index is 549. The molecule has 1 aromatic carbocycles. The number of rotatable bonds is 4. The summed E-state index contributed by atoms with van der Waals surface area (Å²) >= 11 is 0. The fourth-order valence-corrected chi connectivity index (χ4v) is 1.87. The van der Waals surface area contributed by atoms with E-state index in [1.165, 1.54) is 0 Å². The molecule has 2 rings (SSSR count). The first-order valence-electron chi connectivity index (χ1n) is 5.67. The van der Waals surface area contributed by atoms with Crippen LogP contribution in [0.3, 0.4) is 0 Å². The van der Waals surface area contributed by atoms with Gasteiger partial charge in [0.2, 0.25) is 0 Å². The number of anilines is 3. The number of aromatic nitrogens is 2. The Kier molecular flexibility index (Phi) is 3.27. The summed E-state index contributed by atoms with van der Waals surface area (Å²) in [6, 6.07) is 6.95. The molecule has 96 valence electrons. The normalized spacial score (nSPS) is 10.2. The molecule has 0 saturated heterocycles. The van der Waals surface area contributed by atoms with Gasteiger partial charge >= 0.3 is 0 Å². The third-order valence-corrected chi connectivity index (χ3v) is 2.68. The van der Waals surface area contributed by atoms with Crippen LogP contribution in [0.5, 0.6) is 5.75 Å². The fraction of sp³-hybridized carbons (Fsp3) is 0.250. The Morgan fingerprint density at radius 3 is 2.44 bits per heavy atom. The zero-order valence-corrected chi connectivity index (χ0v) is 10.7. The number of phenols is 1. The third-order valence-electron chi connectivity index (χ3n) is 2.68. The van der Waals surface area contributed by atoms with Crippen LogP contribution in [0.15, 0.2) is 24.3 Å². The first-order valence-corrected chi connectivity index (χ1v) is 5.67. The number of aromatic hydroxyl groups is 1. The van der Waals surface area contributed by atoms with Crippen molar-refractivity contribution >= 4 is 17.3 Å². The number of nitrogens with zero attached hydrogens (tertiary/aromatic N) is 2. The van der Waals surface area contributed by atoms with Gasteiger partial charge in [-0.05, 0) is 12.1 Å². The quantitative estimate of drug-likeness (QED) is 0.662. The molecule has 0 aliphatic heterocycles. The Hall–Kier alpha value is -2.37. The van der Waals surface area contributed by atoms with Crippen molar-refractivity contribution in [2.24, 2.45) is 0 Å². The standard InChI is InChI=1S/C12H17N5O/c1-13-10-11(14-2)16-17(12(10)15-3)8-5-4-6-9(18)7-8/h4-7,13,15,18H,1-3H3,(H,14,16). The number of benzene rings is 1. The molecular formula is C12H17N5O. The summed E-state index contributed by atoms with van der Waals surface area (Å²) < 4.78 is 1.73. The lowest BCUT2D eigenvalue weighted by Crippen LogP contribution is -2.03. The SMILES string of the molecule is CNc1nn(-c2cccc(O)c2)c(NC)c1NC. The van der Waals surface area contributed by atoms with Gasteiger partial charge in [-0.25, -0.2) is 4.68 Å². The predicted molar refractivity (Wildman–Crippen MR) is 73.9 cm³/mol. The van der Waals surface area contributed by atoms with Crippen LogP contribution in [0.25, 0.3) is 5.69 Å². The smallest absolute Gasteiger partial charge is 0.174 e. The zero-order valence-electron chi connectivity index (χ0n) is 10.7. The summed E-state index contributed by atoms with van der Waals surface area (Å²) in [6.07, 6.45) is 0. The summed E-state index contributed by atoms with van der Waals surface area (Å²) in [5, 5.41) is 23.2. The van der Waals surface area contributed by atoms with Crippen LogP contribution in [0.4, 0.5) is 17.3 Å². The van der Waals surface area contributed by atoms with E-state index in [1.807, 2.05) is 27.2 Å². The topological polar surface area (TPSA) is 74.1 Å². The van der Waals surface area contributed by atoms with Crippen molar-refractivity contribution in [1.82, 2.24) is 9.78 Å². The van der Waals surface area contributed by atoms with Crippen molar-refractivity contribution < 1.29 is 5.11 Å². The van der Waals surface area contributed by atoms with E-state index in [0.717, 1.165) is 23.0 Å². The van der Waals surface area contributed by atoms with Gasteiger partial charge in [0.1, 0.15) is 11.4 Å². The number of hydrogen-bond donors (Lipinski definition) is 4. The molecule has 0 aliphatic carbocycles. The predicted octanol–water partition coefficient (Wildman–Crippen LogP) is 1.70. The van der Waals surface area contributed by atoms with Gasteiger partial charge < -0.3 is 21.1 Å². The number of hydrogen-bond acceptors (Lipinski definition) is 5. The molecular weight excluding hydrogens is 230 g/mol. The number of nitrogens with one attached hydrogen (secondary N) is 3. The van der Waals surface area contributed by atoms with E-state index in [2.05, 4.69) is 21.0 Å². The second-order valence-electron chi connectivity index (χ2n) is 3.75. The maximum atomic E-state index is 9.54. The highest BCUT2D eigenvalue weighted by atomic mass is 16.3. The highest BCUT2D eigenvalue weighted by Gasteiger charge is 2.16. The van der Waals surface area contributed by atoms with Crippen LogP contribution in [0.2, 0.25) is 0 Å². The molecule has 4 N–H and O–H groups in total. The summed E-state index contributed by atoms with van der Waals surface area (Å²) in [4.78, 5) is 0. The highest BCUT2D eigenvalue weighted by molar-refractivity contribution is 5.79. The molecule has 0 spiro atoms. The molecule has 0 unspecified atom stereocenters. The van der Waals surface area contributed by atoms with E-state index in [4.69, 9.17) is 0 Å². The minimum Gasteiger partial charge on any atom is -0.508 e. The lowest BCUT2D eigenvalue weighted by Gasteiger charge is -2.08. The monoisotopic (exact) mass is 247 g/mol. The Morgan fingerprint density at radius 1 is 1.11 bits per heavy atom. The van der Waals surface area contributed by atoms with Crippen LogP contribution >= 0.6 is 0 Å². The van der Waals surface area contributed by atoms with Crippen LogP contribution in [0.1, 0.15) is 0 Å². The summed E-state index contributed by atoms with van der Waals surface area (Å²) in [6.45, 7) is 0. The summed E-state index contributed by atoms with van der Waals surface area (Å²) in [5.41, 5.74) is 1.67. The van der Waals surface area contributed by atoms with Crippen molar-refractivity contribution in [2.45, 2.75) is 0 Å². The van der Waals surface area contributed by atoms with Crippen LogP contribution in [0, 0.1) is 0 Å². The van der Waals surface area contributed by atoms with E-state index in [0.29, 0.717) is 0 Å². The van der Waals surface area contributed by atoms with Gasteiger partial charge in [-0.3, -0.25) is 0 Å². The molecule has 18 heavy (non-hydrogen) atoms. The van der Waals surface area contributed by atoms with E-state index >= 15 is 0 Å². The maximum absolute atomic E-state index is 9.54. The summed E-state index contributed by atoms with van der Waals surface area (Å²) in [7, 11) is 5.48. The van der Waals surface area contributed by atoms with E-state index in [9.17, 15) is 5.11 Å². The van der Waals surface area contributed by atoms with Gasteiger partial charge in [0.25, 0.3) is 0 Å². The molecule has 0 atom stereocenters. The van der Waals surface area contributed by atoms with Crippen molar-refractivity contribution in [1.29, 1.82) is 0 Å². The van der Waals surface area contributed by atoms with E-state index in [-0.39, 0.29) is 5.75 Å². The van der Waals surface area contributed by atoms with Gasteiger partial charge in [-0.15, -0.1) is 5.10 Å². The average molecular weight is 247 g/mol. The van der Waals surface area contributed by atoms with Gasteiger partial charge in [0.05, 0.1) is 5.69 Å². The van der Waals surface area contributed by atoms with Crippen molar-refractivity contribution in [3.8, 4) is 11.4 Å². The third kappa shape index (κ3) is 1.92. The molecule has 1 heterocycles. The largest absolute Gasteiger partial charge is 0.508 e. The van der Waals surface area contributed by atoms with Gasteiger partial charge in [0.15, 0.2) is 11.6 Å². The van der Waals surface area contributed by atoms with Gasteiger partial charge in [-0.2, -0.15) is 0 Å². The second kappa shape index (κ2) is 4.87. The van der Waals surface area contributed by atoms with Crippen molar-refractivity contribution in [2.75, 3.05) is 37.1 Å². The molecule has 0 saturated carbocycles. The average Bonchev–Trinajstić information content (AvgIpc) is 2.76. The lowest BCUT2D eigenvalue weighted by molar-refractivity contribution is 0.475. The molecule has 0 radical (unpaired) electrons. The number of phenolic OH excluding ortho intramolecular Hbond substituents is 1. The molecule has 0 amide bonds. The summed E-state index contributed by atoms with van der Waals surface area (Å²) in [5.74, 6) is 1.78. The van der Waals surface area contributed by atoms with Crippen LogP contribution in [-0.2, 0) is 0 Å². The van der Waals surface area contributed by atoms with Crippen LogP contribution in [-0.4, -0.2) is 36.0 Å². The first-order chi connectivity index (χ1) is 8.71. The highest BCUT2D eigenvalue weighted by Crippen LogP contribution is 2.32.